The van der Waals surface area contributed by atoms with Gasteiger partial charge >= 0.3 is 0 Å². The molecule has 7 heteroatoms. The van der Waals surface area contributed by atoms with Crippen LogP contribution in [0.1, 0.15) is 38.2 Å². The Morgan fingerprint density at radius 2 is 1.91 bits per heavy atom. The zero-order chi connectivity index (χ0) is 15.0. The van der Waals surface area contributed by atoms with E-state index in [-0.39, 0.29) is 30.6 Å². The first kappa shape index (κ1) is 17.5. The summed E-state index contributed by atoms with van der Waals surface area (Å²) in [6, 6.07) is 5.32. The van der Waals surface area contributed by atoms with Gasteiger partial charge in [0.25, 0.3) is 0 Å². The molecule has 0 bridgehead atoms. The predicted octanol–water partition coefficient (Wildman–Crippen LogP) is 1.98. The highest BCUT2D eigenvalue weighted by molar-refractivity contribution is 7.89. The third kappa shape index (κ3) is 3.74. The largest absolute Gasteiger partial charge is 0.490 e. The van der Waals surface area contributed by atoms with Gasteiger partial charge in [-0.15, -0.1) is 12.4 Å². The summed E-state index contributed by atoms with van der Waals surface area (Å²) in [6.07, 6.45) is 4.25. The lowest BCUT2D eigenvalue weighted by atomic mass is 9.93. The topological polar surface area (TPSA) is 81.4 Å². The maximum absolute atomic E-state index is 12.5. The molecule has 0 spiro atoms. The Hall–Kier alpha value is -0.820. The molecule has 3 N–H and O–H groups in total. The minimum Gasteiger partial charge on any atom is -0.490 e. The van der Waals surface area contributed by atoms with Crippen LogP contribution in [-0.2, 0) is 16.4 Å². The van der Waals surface area contributed by atoms with Crippen molar-refractivity contribution in [2.24, 2.45) is 5.73 Å². The Morgan fingerprint density at radius 1 is 1.23 bits per heavy atom. The number of sulfonamides is 1. The van der Waals surface area contributed by atoms with E-state index in [0.717, 1.165) is 43.4 Å². The molecule has 0 aromatic heterocycles. The molecule has 1 aromatic rings. The summed E-state index contributed by atoms with van der Waals surface area (Å²) in [5, 5.41) is 0. The first-order chi connectivity index (χ1) is 9.94. The molecule has 1 unspecified atom stereocenters. The second-order valence-electron chi connectivity index (χ2n) is 6.14. The molecule has 1 aliphatic heterocycles. The fourth-order valence-corrected chi connectivity index (χ4v) is 4.45. The normalized spacial score (nSPS) is 27.6. The Bertz CT molecular complexity index is 628. The maximum Gasteiger partial charge on any atom is 0.240 e. The standard InChI is InChI=1S/C15H22N2O3S.ClH/c1-10-8-11-9-14(6-7-15(11)20-10)21(18,19)17-13-4-2-12(16)3-5-13;/h6-7,9-10,12-13,17H,2-5,8,16H2,1H3;1H. The summed E-state index contributed by atoms with van der Waals surface area (Å²) in [5.41, 5.74) is 6.82. The number of nitrogens with one attached hydrogen (secondary N) is 1. The highest BCUT2D eigenvalue weighted by Gasteiger charge is 2.26. The monoisotopic (exact) mass is 346 g/mol. The van der Waals surface area contributed by atoms with Crippen LogP contribution in [-0.4, -0.2) is 26.6 Å². The van der Waals surface area contributed by atoms with Gasteiger partial charge < -0.3 is 10.5 Å². The molecule has 1 saturated carbocycles. The zero-order valence-electron chi connectivity index (χ0n) is 12.6. The van der Waals surface area contributed by atoms with Crippen molar-refractivity contribution in [2.45, 2.75) is 62.1 Å². The van der Waals surface area contributed by atoms with Gasteiger partial charge in [0.15, 0.2) is 0 Å². The van der Waals surface area contributed by atoms with Crippen LogP contribution in [0, 0.1) is 0 Å². The summed E-state index contributed by atoms with van der Waals surface area (Å²) in [7, 11) is -3.46. The summed E-state index contributed by atoms with van der Waals surface area (Å²) in [4.78, 5) is 0.328. The van der Waals surface area contributed by atoms with Crippen LogP contribution in [0.25, 0.3) is 0 Å². The molecule has 124 valence electrons. The first-order valence-electron chi connectivity index (χ1n) is 7.51. The number of hydrogen-bond acceptors (Lipinski definition) is 4. The lowest BCUT2D eigenvalue weighted by Crippen LogP contribution is -2.40. The molecular formula is C15H23ClN2O3S. The molecule has 2 aliphatic rings. The number of hydrogen-bond donors (Lipinski definition) is 2. The Balaban J connectivity index is 0.00000176. The smallest absolute Gasteiger partial charge is 0.240 e. The van der Waals surface area contributed by atoms with E-state index in [1.54, 1.807) is 18.2 Å². The molecule has 0 radical (unpaired) electrons. The minimum absolute atomic E-state index is 0. The molecule has 0 saturated heterocycles. The second-order valence-corrected chi connectivity index (χ2v) is 7.85. The molecule has 1 atom stereocenters. The molecule has 1 heterocycles. The number of halogens is 1. The van der Waals surface area contributed by atoms with Crippen LogP contribution < -0.4 is 15.2 Å². The molecular weight excluding hydrogens is 324 g/mol. The average molecular weight is 347 g/mol. The third-order valence-electron chi connectivity index (χ3n) is 4.27. The number of rotatable bonds is 3. The van der Waals surface area contributed by atoms with Crippen molar-refractivity contribution in [3.05, 3.63) is 23.8 Å². The van der Waals surface area contributed by atoms with E-state index >= 15 is 0 Å². The summed E-state index contributed by atoms with van der Waals surface area (Å²) in [5.74, 6) is 0.796. The van der Waals surface area contributed by atoms with Gasteiger partial charge in [-0.2, -0.15) is 0 Å². The van der Waals surface area contributed by atoms with Crippen LogP contribution in [0.3, 0.4) is 0 Å². The number of ether oxygens (including phenoxy) is 1. The molecule has 5 nitrogen and oxygen atoms in total. The van der Waals surface area contributed by atoms with Crippen molar-refractivity contribution in [1.29, 1.82) is 0 Å². The molecule has 22 heavy (non-hydrogen) atoms. The molecule has 1 aliphatic carbocycles. The van der Waals surface area contributed by atoms with Gasteiger partial charge in [0.05, 0.1) is 4.90 Å². The van der Waals surface area contributed by atoms with Gasteiger partial charge in [0, 0.05) is 18.5 Å². The lowest BCUT2D eigenvalue weighted by molar-refractivity contribution is 0.254. The molecule has 1 aromatic carbocycles. The van der Waals surface area contributed by atoms with Crippen LogP contribution in [0.4, 0.5) is 0 Å². The Morgan fingerprint density at radius 3 is 2.59 bits per heavy atom. The van der Waals surface area contributed by atoms with E-state index in [9.17, 15) is 8.42 Å². The highest BCUT2D eigenvalue weighted by atomic mass is 35.5. The molecule has 0 amide bonds. The van der Waals surface area contributed by atoms with Crippen molar-refractivity contribution in [3.8, 4) is 5.75 Å². The number of benzene rings is 1. The van der Waals surface area contributed by atoms with Crippen molar-refractivity contribution < 1.29 is 13.2 Å². The third-order valence-corrected chi connectivity index (χ3v) is 5.79. The summed E-state index contributed by atoms with van der Waals surface area (Å²) >= 11 is 0. The van der Waals surface area contributed by atoms with E-state index in [1.807, 2.05) is 6.92 Å². The maximum atomic E-state index is 12.5. The molecule has 1 fully saturated rings. The van der Waals surface area contributed by atoms with Crippen molar-refractivity contribution in [3.63, 3.8) is 0 Å². The predicted molar refractivity (Wildman–Crippen MR) is 88.0 cm³/mol. The SMILES string of the molecule is CC1Cc2cc(S(=O)(=O)NC3CCC(N)CC3)ccc2O1.Cl. The van der Waals surface area contributed by atoms with Crippen molar-refractivity contribution in [2.75, 3.05) is 0 Å². The fraction of sp³-hybridized carbons (Fsp3) is 0.600. The first-order valence-corrected chi connectivity index (χ1v) is 9.00. The van der Waals surface area contributed by atoms with E-state index in [1.165, 1.54) is 0 Å². The average Bonchev–Trinajstić information content (AvgIpc) is 2.80. The van der Waals surface area contributed by atoms with Crippen LogP contribution in [0.15, 0.2) is 23.1 Å². The van der Waals surface area contributed by atoms with E-state index in [4.69, 9.17) is 10.5 Å². The number of fused-ring (bicyclic) bond motifs is 1. The highest BCUT2D eigenvalue weighted by Crippen LogP contribution is 2.31. The van der Waals surface area contributed by atoms with Gasteiger partial charge in [-0.3, -0.25) is 0 Å². The van der Waals surface area contributed by atoms with Crippen LogP contribution >= 0.6 is 12.4 Å². The molecule has 3 rings (SSSR count). The second kappa shape index (κ2) is 6.74. The van der Waals surface area contributed by atoms with E-state index < -0.39 is 10.0 Å². The van der Waals surface area contributed by atoms with Crippen molar-refractivity contribution in [1.82, 2.24) is 4.72 Å². The van der Waals surface area contributed by atoms with Crippen LogP contribution in [0.5, 0.6) is 5.75 Å². The van der Waals surface area contributed by atoms with Crippen LogP contribution in [0.2, 0.25) is 0 Å². The van der Waals surface area contributed by atoms with E-state index in [2.05, 4.69) is 4.72 Å². The quantitative estimate of drug-likeness (QED) is 0.876. The van der Waals surface area contributed by atoms with Crippen molar-refractivity contribution >= 4 is 22.4 Å². The minimum atomic E-state index is -3.46. The van der Waals surface area contributed by atoms with E-state index in [0.29, 0.717) is 4.90 Å². The fourth-order valence-electron chi connectivity index (χ4n) is 3.09. The Kier molecular flexibility index (Phi) is 5.37. The summed E-state index contributed by atoms with van der Waals surface area (Å²) in [6.45, 7) is 1.98. The Labute approximate surface area is 138 Å². The van der Waals surface area contributed by atoms with Gasteiger partial charge in [0.1, 0.15) is 11.9 Å². The van der Waals surface area contributed by atoms with Gasteiger partial charge in [-0.1, -0.05) is 0 Å². The lowest BCUT2D eigenvalue weighted by Gasteiger charge is -2.26. The van der Waals surface area contributed by atoms with Gasteiger partial charge in [0.2, 0.25) is 10.0 Å². The number of nitrogens with two attached hydrogens (primary N) is 1. The van der Waals surface area contributed by atoms with Gasteiger partial charge in [-0.25, -0.2) is 13.1 Å². The van der Waals surface area contributed by atoms with Gasteiger partial charge in [-0.05, 0) is 56.4 Å². The zero-order valence-corrected chi connectivity index (χ0v) is 14.3. The summed E-state index contributed by atoms with van der Waals surface area (Å²) < 4.78 is 33.4.